The van der Waals surface area contributed by atoms with Gasteiger partial charge in [-0.3, -0.25) is 19.6 Å². The quantitative estimate of drug-likeness (QED) is 0.0827. The van der Waals surface area contributed by atoms with Crippen molar-refractivity contribution < 1.29 is 33.2 Å². The van der Waals surface area contributed by atoms with E-state index in [1.165, 1.54) is 21.3 Å². The molecule has 0 aliphatic carbocycles. The van der Waals surface area contributed by atoms with Gasteiger partial charge in [0.25, 0.3) is 6.48 Å². The van der Waals surface area contributed by atoms with Crippen molar-refractivity contribution >= 4 is 34.3 Å². The van der Waals surface area contributed by atoms with Crippen LogP contribution in [-0.2, 0) is 39.7 Å². The summed E-state index contributed by atoms with van der Waals surface area (Å²) in [4.78, 5) is 33.5. The van der Waals surface area contributed by atoms with E-state index in [2.05, 4.69) is 59.3 Å². The van der Waals surface area contributed by atoms with Gasteiger partial charge in [-0.05, 0) is 0 Å². The summed E-state index contributed by atoms with van der Waals surface area (Å²) in [5, 5.41) is 10.4. The highest BCUT2D eigenvalue weighted by Gasteiger charge is 2.19. The molecule has 0 saturated carbocycles. The second-order valence-corrected chi connectivity index (χ2v) is 17.0. The molecule has 2 aromatic carbocycles. The van der Waals surface area contributed by atoms with E-state index in [0.29, 0.717) is 23.1 Å². The van der Waals surface area contributed by atoms with E-state index in [0.717, 1.165) is 192 Å². The van der Waals surface area contributed by atoms with E-state index in [9.17, 15) is 0 Å². The van der Waals surface area contributed by atoms with E-state index in [4.69, 9.17) is 44.6 Å². The summed E-state index contributed by atoms with van der Waals surface area (Å²) >= 11 is 0. The highest BCUT2D eigenvalue weighted by molar-refractivity contribution is 5.85. The molecular weight excluding hydrogens is 897 g/mol. The van der Waals surface area contributed by atoms with Gasteiger partial charge in [0.1, 0.15) is 11.2 Å². The number of nitrogens with one attached hydrogen (secondary N) is 3. The number of aromatic nitrogens is 6. The molecule has 0 atom stereocenters. The number of nitrogens with two attached hydrogens (primary N) is 1. The maximum Gasteiger partial charge on any atom is 0.270 e. The van der Waals surface area contributed by atoms with E-state index in [1.54, 1.807) is 0 Å². The lowest BCUT2D eigenvalue weighted by Gasteiger charge is -2.27. The van der Waals surface area contributed by atoms with Gasteiger partial charge in [0.05, 0.1) is 59.2 Å². The number of methoxy groups -OCH3 is 3. The van der Waals surface area contributed by atoms with Gasteiger partial charge >= 0.3 is 0 Å². The first-order valence-corrected chi connectivity index (χ1v) is 24.5. The van der Waals surface area contributed by atoms with E-state index < -0.39 is 6.48 Å². The van der Waals surface area contributed by atoms with E-state index in [1.807, 2.05) is 67.0 Å². The number of rotatable bonds is 20. The fraction of sp³-hybridized carbons (Fsp3) is 0.571. The van der Waals surface area contributed by atoms with E-state index in [-0.39, 0.29) is 0 Å². The molecule has 21 nitrogen and oxygen atoms in total. The molecule has 0 bridgehead atoms. The van der Waals surface area contributed by atoms with Crippen molar-refractivity contribution in [2.75, 3.05) is 194 Å². The van der Waals surface area contributed by atoms with Gasteiger partial charge in [0, 0.05) is 137 Å². The predicted molar refractivity (Wildman–Crippen MR) is 272 cm³/mol. The standard InChI is InChI=1S/C23H31N7O2.C22H33N7O2.C4H10O3/c1-2-4-19(5-3-1)21-26-22(24-6-7-28-10-14-31-15-11-28)20-23(27-21)30(18-25-20)9-8-29-12-16-32-17-13-29;23-19-21(24-6-8-28-10-14-30-15-11-28)26-20(18-4-2-1-3-5-18)27-22(19)25-7-9-29-12-16-31-17-13-29;1-5-4(6-2)7-3/h1-5,18H,6-17H2,(H,24,26,27);1-5H,6-17,23H2,(H2,24,25,26,27);4H,1-3H3. The van der Waals surface area contributed by atoms with E-state index >= 15 is 0 Å². The zero-order valence-corrected chi connectivity index (χ0v) is 41.3. The molecule has 7 heterocycles. The molecule has 4 aliphatic rings. The molecule has 4 aliphatic heterocycles. The molecule has 4 fully saturated rings. The Balaban J connectivity index is 0.000000182. The SMILES string of the molecule is COC(OC)OC.Nc1c(NCCN2CCOCC2)nc(-c2ccccc2)nc1NCCN1CCOCC1.c1ccc(-c2nc(NCCN3CCOCC3)c3ncn(CCN4CCOCC4)c3n2)cc1. The van der Waals surface area contributed by atoms with Crippen molar-refractivity contribution in [1.29, 1.82) is 0 Å². The lowest BCUT2D eigenvalue weighted by Crippen LogP contribution is -2.39. The number of anilines is 4. The third-order valence-corrected chi connectivity index (χ3v) is 12.3. The topological polar surface area (TPSA) is 209 Å². The summed E-state index contributed by atoms with van der Waals surface area (Å²) in [5.41, 5.74) is 10.7. The number of nitrogens with zero attached hydrogens (tertiary/aromatic N) is 10. The number of nitrogen functional groups attached to an aromatic ring is 1. The molecule has 0 spiro atoms. The number of hydrogen-bond acceptors (Lipinski definition) is 20. The Morgan fingerprint density at radius 3 is 1.27 bits per heavy atom. The maximum atomic E-state index is 6.45. The Bertz CT molecular complexity index is 2170. The third-order valence-electron chi connectivity index (χ3n) is 12.3. The normalized spacial score (nSPS) is 17.4. The van der Waals surface area contributed by atoms with Gasteiger partial charge in [-0.15, -0.1) is 0 Å². The van der Waals surface area contributed by atoms with Crippen LogP contribution in [-0.4, -0.2) is 228 Å². The predicted octanol–water partition coefficient (Wildman–Crippen LogP) is 2.99. The average molecular weight is 971 g/mol. The van der Waals surface area contributed by atoms with Crippen molar-refractivity contribution in [3.63, 3.8) is 0 Å². The van der Waals surface area contributed by atoms with Crippen LogP contribution in [0, 0.1) is 0 Å². The molecule has 5 N–H and O–H groups in total. The number of fused-ring (bicyclic) bond motifs is 1. The van der Waals surface area contributed by atoms with Crippen LogP contribution >= 0.6 is 0 Å². The van der Waals surface area contributed by atoms with Gasteiger partial charge in [0.2, 0.25) is 0 Å². The monoisotopic (exact) mass is 971 g/mol. The summed E-state index contributed by atoms with van der Waals surface area (Å²) in [7, 11) is 4.53. The smallest absolute Gasteiger partial charge is 0.270 e. The van der Waals surface area contributed by atoms with Crippen molar-refractivity contribution in [2.24, 2.45) is 0 Å². The molecule has 0 amide bonds. The second kappa shape index (κ2) is 29.2. The average Bonchev–Trinajstić information content (AvgIpc) is 3.84. The van der Waals surface area contributed by atoms with Gasteiger partial charge < -0.3 is 59.4 Å². The molecule has 0 radical (unpaired) electrons. The highest BCUT2D eigenvalue weighted by atomic mass is 16.8. The Hall–Kier alpha value is -5.17. The summed E-state index contributed by atoms with van der Waals surface area (Å²) in [6, 6.07) is 20.1. The van der Waals surface area contributed by atoms with Crippen molar-refractivity contribution in [3.8, 4) is 22.8 Å². The van der Waals surface area contributed by atoms with Gasteiger partial charge in [0.15, 0.2) is 34.7 Å². The molecule has 0 unspecified atom stereocenters. The molecule has 70 heavy (non-hydrogen) atoms. The minimum absolute atomic E-state index is 0.514. The number of imidazole rings is 1. The minimum Gasteiger partial charge on any atom is -0.393 e. The van der Waals surface area contributed by atoms with Crippen LogP contribution in [0.5, 0.6) is 0 Å². The minimum atomic E-state index is -0.514. The molecular formula is C49H74N14O7. The first kappa shape index (κ1) is 52.6. The van der Waals surface area contributed by atoms with Gasteiger partial charge in [-0.2, -0.15) is 0 Å². The van der Waals surface area contributed by atoms with Crippen LogP contribution in [0.1, 0.15) is 0 Å². The Kier molecular flexibility index (Phi) is 22.0. The second-order valence-electron chi connectivity index (χ2n) is 17.0. The van der Waals surface area contributed by atoms with Gasteiger partial charge in [-0.1, -0.05) is 60.7 Å². The zero-order valence-electron chi connectivity index (χ0n) is 41.3. The number of ether oxygens (including phenoxy) is 7. The Morgan fingerprint density at radius 1 is 0.500 bits per heavy atom. The van der Waals surface area contributed by atoms with Crippen molar-refractivity contribution in [2.45, 2.75) is 13.0 Å². The number of benzene rings is 2. The first-order chi connectivity index (χ1) is 34.5. The number of hydrogen-bond donors (Lipinski definition) is 4. The highest BCUT2D eigenvalue weighted by Crippen LogP contribution is 2.28. The lowest BCUT2D eigenvalue weighted by atomic mass is 10.2. The first-order valence-electron chi connectivity index (χ1n) is 24.5. The summed E-state index contributed by atoms with van der Waals surface area (Å²) < 4.78 is 37.7. The van der Waals surface area contributed by atoms with Crippen LogP contribution in [0.2, 0.25) is 0 Å². The molecule has 382 valence electrons. The van der Waals surface area contributed by atoms with Gasteiger partial charge in [-0.25, -0.2) is 24.9 Å². The molecule has 3 aromatic heterocycles. The zero-order chi connectivity index (χ0) is 48.6. The summed E-state index contributed by atoms with van der Waals surface area (Å²) in [5.74, 6) is 3.54. The molecule has 4 saturated heterocycles. The van der Waals surface area contributed by atoms with Crippen LogP contribution in [0.3, 0.4) is 0 Å². The summed E-state index contributed by atoms with van der Waals surface area (Å²) in [6.45, 7) is 20.6. The fourth-order valence-corrected chi connectivity index (χ4v) is 8.24. The third kappa shape index (κ3) is 16.5. The Labute approximate surface area is 412 Å². The maximum absolute atomic E-state index is 6.45. The van der Waals surface area contributed by atoms with Crippen LogP contribution in [0.15, 0.2) is 67.0 Å². The van der Waals surface area contributed by atoms with Crippen LogP contribution in [0.4, 0.5) is 23.1 Å². The number of morpholine rings is 4. The molecule has 21 heteroatoms. The van der Waals surface area contributed by atoms with Crippen LogP contribution in [0.25, 0.3) is 33.9 Å². The van der Waals surface area contributed by atoms with Crippen molar-refractivity contribution in [3.05, 3.63) is 67.0 Å². The molecule has 5 aromatic rings. The lowest BCUT2D eigenvalue weighted by molar-refractivity contribution is -0.252. The Morgan fingerprint density at radius 2 is 0.871 bits per heavy atom. The van der Waals surface area contributed by atoms with Crippen LogP contribution < -0.4 is 21.7 Å². The molecule has 9 rings (SSSR count). The van der Waals surface area contributed by atoms with Crippen molar-refractivity contribution in [1.82, 2.24) is 49.1 Å². The summed E-state index contributed by atoms with van der Waals surface area (Å²) in [6.07, 6.45) is 1.89. The largest absolute Gasteiger partial charge is 0.393 e. The fourth-order valence-electron chi connectivity index (χ4n) is 8.24.